The predicted molar refractivity (Wildman–Crippen MR) is 123 cm³/mol. The van der Waals surface area contributed by atoms with Crippen LogP contribution in [-0.2, 0) is 37.9 Å². The van der Waals surface area contributed by atoms with E-state index in [-0.39, 0.29) is 50.8 Å². The van der Waals surface area contributed by atoms with Crippen LogP contribution in [0, 0.1) is 0 Å². The van der Waals surface area contributed by atoms with Crippen molar-refractivity contribution in [3.05, 3.63) is 35.4 Å². The Kier molecular flexibility index (Phi) is 17.0. The van der Waals surface area contributed by atoms with E-state index in [4.69, 9.17) is 37.9 Å². The molecule has 0 aliphatic heterocycles. The minimum absolute atomic E-state index is 0.00952. The van der Waals surface area contributed by atoms with Crippen molar-refractivity contribution in [1.29, 1.82) is 0 Å². The molecule has 0 aliphatic rings. The van der Waals surface area contributed by atoms with Gasteiger partial charge in [0.2, 0.25) is 0 Å². The van der Waals surface area contributed by atoms with Crippen LogP contribution >= 0.6 is 0 Å². The number of hydrogen-bond donors (Lipinski definition) is 0. The highest BCUT2D eigenvalue weighted by atomic mass is 16.7. The van der Waals surface area contributed by atoms with Crippen LogP contribution in [0.25, 0.3) is 0 Å². The van der Waals surface area contributed by atoms with E-state index in [0.717, 1.165) is 0 Å². The number of ether oxygens (including phenoxy) is 8. The third-order valence-corrected chi connectivity index (χ3v) is 4.23. The number of carbonyl (C=O) groups excluding carboxylic acids is 2. The molecule has 194 valence electrons. The molecular formula is C24H38O10. The Hall–Kier alpha value is -2.08. The molecule has 0 heterocycles. The Balaban J connectivity index is 2.49. The van der Waals surface area contributed by atoms with E-state index < -0.39 is 24.5 Å². The molecule has 0 bridgehead atoms. The Labute approximate surface area is 201 Å². The minimum atomic E-state index is -0.654. The van der Waals surface area contributed by atoms with Gasteiger partial charge in [-0.2, -0.15) is 0 Å². The minimum Gasteiger partial charge on any atom is -0.460 e. The molecule has 1 rings (SSSR count). The predicted octanol–water partition coefficient (Wildman–Crippen LogP) is 2.83. The molecule has 0 spiro atoms. The van der Waals surface area contributed by atoms with Gasteiger partial charge in [0.15, 0.2) is 12.6 Å². The Morgan fingerprint density at radius 3 is 1.38 bits per heavy atom. The summed E-state index contributed by atoms with van der Waals surface area (Å²) in [4.78, 5) is 25.0. The second-order valence-electron chi connectivity index (χ2n) is 6.65. The van der Waals surface area contributed by atoms with Gasteiger partial charge in [0.05, 0.1) is 37.6 Å². The summed E-state index contributed by atoms with van der Waals surface area (Å²) in [7, 11) is 0. The summed E-state index contributed by atoms with van der Waals surface area (Å²) >= 11 is 0. The maximum Gasteiger partial charge on any atom is 0.339 e. The molecular weight excluding hydrogens is 448 g/mol. The molecule has 34 heavy (non-hydrogen) atoms. The zero-order valence-corrected chi connectivity index (χ0v) is 20.6. The molecule has 0 saturated heterocycles. The van der Waals surface area contributed by atoms with Crippen LogP contribution < -0.4 is 0 Å². The molecule has 1 aromatic carbocycles. The first kappa shape index (κ1) is 30.0. The third-order valence-electron chi connectivity index (χ3n) is 4.23. The van der Waals surface area contributed by atoms with Crippen molar-refractivity contribution in [2.45, 2.75) is 40.3 Å². The van der Waals surface area contributed by atoms with E-state index in [1.807, 2.05) is 27.7 Å². The fourth-order valence-corrected chi connectivity index (χ4v) is 2.71. The van der Waals surface area contributed by atoms with Gasteiger partial charge in [-0.15, -0.1) is 0 Å². The molecule has 0 fully saturated rings. The lowest BCUT2D eigenvalue weighted by Crippen LogP contribution is -2.26. The first-order valence-corrected chi connectivity index (χ1v) is 11.6. The standard InChI is InChI=1S/C24H38O10/c1-5-27-17-21(29-7-3)31-13-15-33-23(25)19-11-9-10-12-20(19)24(26)34-16-14-32-22(30-8-4)18-28-6-2/h9-12,21-22H,5-8,13-18H2,1-4H3. The second kappa shape index (κ2) is 19.2. The van der Waals surface area contributed by atoms with Gasteiger partial charge in [0, 0.05) is 26.4 Å². The highest BCUT2D eigenvalue weighted by Gasteiger charge is 2.19. The average molecular weight is 487 g/mol. The highest BCUT2D eigenvalue weighted by molar-refractivity contribution is 6.03. The fourth-order valence-electron chi connectivity index (χ4n) is 2.71. The van der Waals surface area contributed by atoms with E-state index in [9.17, 15) is 9.59 Å². The zero-order valence-electron chi connectivity index (χ0n) is 20.6. The van der Waals surface area contributed by atoms with Gasteiger partial charge < -0.3 is 37.9 Å². The molecule has 0 aromatic heterocycles. The summed E-state index contributed by atoms with van der Waals surface area (Å²) < 4.78 is 42.9. The van der Waals surface area contributed by atoms with Crippen molar-refractivity contribution < 1.29 is 47.5 Å². The molecule has 10 heteroatoms. The summed E-state index contributed by atoms with van der Waals surface area (Å²) in [5.74, 6) is -1.31. The van der Waals surface area contributed by atoms with E-state index in [1.165, 1.54) is 12.1 Å². The summed E-state index contributed by atoms with van der Waals surface area (Å²) in [6, 6.07) is 6.28. The van der Waals surface area contributed by atoms with Crippen LogP contribution in [0.2, 0.25) is 0 Å². The van der Waals surface area contributed by atoms with Crippen LogP contribution in [0.4, 0.5) is 0 Å². The Bertz CT molecular complexity index is 624. The van der Waals surface area contributed by atoms with E-state index >= 15 is 0 Å². The van der Waals surface area contributed by atoms with Gasteiger partial charge in [0.25, 0.3) is 0 Å². The maximum absolute atomic E-state index is 12.5. The lowest BCUT2D eigenvalue weighted by atomic mass is 10.1. The number of carbonyl (C=O) groups is 2. The first-order valence-electron chi connectivity index (χ1n) is 11.6. The van der Waals surface area contributed by atoms with Crippen LogP contribution in [0.3, 0.4) is 0 Å². The van der Waals surface area contributed by atoms with E-state index in [2.05, 4.69) is 0 Å². The number of rotatable bonds is 20. The molecule has 0 aliphatic carbocycles. The smallest absolute Gasteiger partial charge is 0.339 e. The van der Waals surface area contributed by atoms with Gasteiger partial charge in [-0.3, -0.25) is 0 Å². The Morgan fingerprint density at radius 2 is 1.03 bits per heavy atom. The quantitative estimate of drug-likeness (QED) is 0.155. The van der Waals surface area contributed by atoms with Crippen molar-refractivity contribution in [3.8, 4) is 0 Å². The molecule has 1 aromatic rings. The SMILES string of the molecule is CCOCC(OCC)OCCOC(=O)c1ccccc1C(=O)OCCOC(COCC)OCC. The van der Waals surface area contributed by atoms with Gasteiger partial charge in [0.1, 0.15) is 13.2 Å². The normalized spacial score (nSPS) is 12.8. The van der Waals surface area contributed by atoms with Crippen molar-refractivity contribution in [1.82, 2.24) is 0 Å². The van der Waals surface area contributed by atoms with Crippen LogP contribution in [0.1, 0.15) is 48.4 Å². The molecule has 0 N–H and O–H groups in total. The van der Waals surface area contributed by atoms with Crippen LogP contribution in [-0.4, -0.2) is 90.6 Å². The van der Waals surface area contributed by atoms with Crippen molar-refractivity contribution in [2.75, 3.05) is 66.1 Å². The monoisotopic (exact) mass is 486 g/mol. The van der Waals surface area contributed by atoms with E-state index in [1.54, 1.807) is 12.1 Å². The van der Waals surface area contributed by atoms with Crippen LogP contribution in [0.15, 0.2) is 24.3 Å². The fraction of sp³-hybridized carbons (Fsp3) is 0.667. The van der Waals surface area contributed by atoms with E-state index in [0.29, 0.717) is 26.4 Å². The summed E-state index contributed by atoms with van der Waals surface area (Å²) in [5.41, 5.74) is 0.209. The van der Waals surface area contributed by atoms with Crippen molar-refractivity contribution in [3.63, 3.8) is 0 Å². The molecule has 2 atom stereocenters. The van der Waals surface area contributed by atoms with Crippen LogP contribution in [0.5, 0.6) is 0 Å². The third kappa shape index (κ3) is 12.4. The van der Waals surface area contributed by atoms with Gasteiger partial charge in [-0.1, -0.05) is 12.1 Å². The molecule has 0 radical (unpaired) electrons. The van der Waals surface area contributed by atoms with Crippen molar-refractivity contribution >= 4 is 11.9 Å². The first-order chi connectivity index (χ1) is 16.6. The Morgan fingerprint density at radius 1 is 0.618 bits per heavy atom. The molecule has 10 nitrogen and oxygen atoms in total. The molecule has 0 amide bonds. The lowest BCUT2D eigenvalue weighted by molar-refractivity contribution is -0.173. The average Bonchev–Trinajstić information content (AvgIpc) is 2.85. The number of hydrogen-bond acceptors (Lipinski definition) is 10. The molecule has 0 saturated carbocycles. The zero-order chi connectivity index (χ0) is 25.0. The summed E-state index contributed by atoms with van der Waals surface area (Å²) in [5, 5.41) is 0. The largest absolute Gasteiger partial charge is 0.460 e. The second-order valence-corrected chi connectivity index (χ2v) is 6.65. The van der Waals surface area contributed by atoms with Gasteiger partial charge in [-0.25, -0.2) is 9.59 Å². The summed E-state index contributed by atoms with van der Waals surface area (Å²) in [6.07, 6.45) is -1.08. The topological polar surface area (TPSA) is 108 Å². The van der Waals surface area contributed by atoms with Gasteiger partial charge in [-0.05, 0) is 39.8 Å². The number of benzene rings is 1. The summed E-state index contributed by atoms with van der Waals surface area (Å²) in [6.45, 7) is 10.3. The lowest BCUT2D eigenvalue weighted by Gasteiger charge is -2.18. The maximum atomic E-state index is 12.5. The number of esters is 2. The van der Waals surface area contributed by atoms with Gasteiger partial charge >= 0.3 is 11.9 Å². The highest BCUT2D eigenvalue weighted by Crippen LogP contribution is 2.12. The molecule has 2 unspecified atom stereocenters. The van der Waals surface area contributed by atoms with Crippen molar-refractivity contribution in [2.24, 2.45) is 0 Å².